The number of carbonyl (C=O) groups is 1. The van der Waals surface area contributed by atoms with E-state index in [1.165, 1.54) is 12.8 Å². The number of nitrogens with zero attached hydrogens (tertiary/aromatic N) is 4. The lowest BCUT2D eigenvalue weighted by atomic mass is 10.0. The molecular formula is C23H25ClN4O. The maximum atomic E-state index is 13.5. The molecule has 0 radical (unpaired) electrons. The van der Waals surface area contributed by atoms with Gasteiger partial charge in [-0.15, -0.1) is 0 Å². The normalized spacial score (nSPS) is 15.0. The summed E-state index contributed by atoms with van der Waals surface area (Å²) in [4.78, 5) is 26.7. The van der Waals surface area contributed by atoms with Gasteiger partial charge in [-0.2, -0.15) is 0 Å². The van der Waals surface area contributed by atoms with Crippen molar-refractivity contribution in [3.8, 4) is 11.3 Å². The first kappa shape index (κ1) is 19.8. The van der Waals surface area contributed by atoms with Crippen molar-refractivity contribution in [2.24, 2.45) is 0 Å². The van der Waals surface area contributed by atoms with Crippen molar-refractivity contribution in [3.63, 3.8) is 0 Å². The van der Waals surface area contributed by atoms with Crippen LogP contribution in [0, 0.1) is 0 Å². The number of piperazine rings is 1. The highest BCUT2D eigenvalue weighted by Gasteiger charge is 2.24. The Morgan fingerprint density at radius 3 is 2.55 bits per heavy atom. The average Bonchev–Trinajstić information content (AvgIpc) is 2.77. The summed E-state index contributed by atoms with van der Waals surface area (Å²) in [7, 11) is 0. The standard InChI is InChI=1S/C23H25ClN4O/c1-2-3-10-27-11-13-28(14-12-27)23(29)20-16-22(17-6-8-25-9-7-17)26-21-5-4-18(24)15-19(20)21/h4-9,15-16H,2-3,10-14H2,1H3. The van der Waals surface area contributed by atoms with E-state index in [2.05, 4.69) is 16.8 Å². The molecule has 0 unspecified atom stereocenters. The van der Waals surface area contributed by atoms with E-state index in [0.29, 0.717) is 10.6 Å². The van der Waals surface area contributed by atoms with Gasteiger partial charge in [0.15, 0.2) is 0 Å². The first-order valence-electron chi connectivity index (χ1n) is 10.2. The van der Waals surface area contributed by atoms with Crippen LogP contribution in [0.2, 0.25) is 5.02 Å². The van der Waals surface area contributed by atoms with Crippen LogP contribution in [0.5, 0.6) is 0 Å². The fourth-order valence-electron chi connectivity index (χ4n) is 3.77. The Hall–Kier alpha value is -2.50. The third-order valence-electron chi connectivity index (χ3n) is 5.46. The molecule has 0 atom stereocenters. The summed E-state index contributed by atoms with van der Waals surface area (Å²) in [5.74, 6) is 0.0464. The molecule has 3 heterocycles. The molecule has 0 N–H and O–H groups in total. The molecule has 1 saturated heterocycles. The lowest BCUT2D eigenvalue weighted by Crippen LogP contribution is -2.48. The van der Waals surface area contributed by atoms with Gasteiger partial charge in [-0.05, 0) is 49.4 Å². The molecule has 3 aromatic rings. The number of amides is 1. The van der Waals surface area contributed by atoms with Crippen molar-refractivity contribution >= 4 is 28.4 Å². The number of halogens is 1. The molecule has 1 aromatic carbocycles. The highest BCUT2D eigenvalue weighted by molar-refractivity contribution is 6.31. The third kappa shape index (κ3) is 4.41. The van der Waals surface area contributed by atoms with Crippen LogP contribution in [0.25, 0.3) is 22.2 Å². The Balaban J connectivity index is 1.67. The minimum atomic E-state index is 0.0464. The number of fused-ring (bicyclic) bond motifs is 1. The average molecular weight is 409 g/mol. The minimum absolute atomic E-state index is 0.0464. The fourth-order valence-corrected chi connectivity index (χ4v) is 3.94. The number of pyridine rings is 2. The third-order valence-corrected chi connectivity index (χ3v) is 5.70. The molecule has 150 valence electrons. The molecule has 4 rings (SSSR count). The maximum Gasteiger partial charge on any atom is 0.254 e. The van der Waals surface area contributed by atoms with Gasteiger partial charge in [0.2, 0.25) is 0 Å². The van der Waals surface area contributed by atoms with Crippen LogP contribution in [0.3, 0.4) is 0 Å². The molecule has 1 aliphatic heterocycles. The van der Waals surface area contributed by atoms with Crippen molar-refractivity contribution in [1.82, 2.24) is 19.8 Å². The van der Waals surface area contributed by atoms with Gasteiger partial charge >= 0.3 is 0 Å². The van der Waals surface area contributed by atoms with Gasteiger partial charge in [-0.25, -0.2) is 4.98 Å². The molecule has 5 nitrogen and oxygen atoms in total. The van der Waals surface area contributed by atoms with Crippen molar-refractivity contribution in [2.75, 3.05) is 32.7 Å². The molecule has 0 bridgehead atoms. The largest absolute Gasteiger partial charge is 0.336 e. The molecule has 6 heteroatoms. The lowest BCUT2D eigenvalue weighted by Gasteiger charge is -2.35. The lowest BCUT2D eigenvalue weighted by molar-refractivity contribution is 0.0637. The van der Waals surface area contributed by atoms with E-state index in [1.807, 2.05) is 41.3 Å². The molecule has 1 aliphatic rings. The van der Waals surface area contributed by atoms with Crippen molar-refractivity contribution in [2.45, 2.75) is 19.8 Å². The van der Waals surface area contributed by atoms with Gasteiger partial charge in [0.05, 0.1) is 16.8 Å². The minimum Gasteiger partial charge on any atom is -0.336 e. The van der Waals surface area contributed by atoms with Crippen LogP contribution >= 0.6 is 11.6 Å². The van der Waals surface area contributed by atoms with Gasteiger partial charge in [-0.1, -0.05) is 24.9 Å². The van der Waals surface area contributed by atoms with E-state index < -0.39 is 0 Å². The summed E-state index contributed by atoms with van der Waals surface area (Å²) < 4.78 is 0. The number of rotatable bonds is 5. The SMILES string of the molecule is CCCCN1CCN(C(=O)c2cc(-c3ccncc3)nc3ccc(Cl)cc23)CC1. The van der Waals surface area contributed by atoms with E-state index in [1.54, 1.807) is 12.4 Å². The molecule has 29 heavy (non-hydrogen) atoms. The zero-order chi connectivity index (χ0) is 20.2. The van der Waals surface area contributed by atoms with Crippen LogP contribution in [0.4, 0.5) is 0 Å². The molecule has 1 amide bonds. The van der Waals surface area contributed by atoms with Gasteiger partial charge in [-0.3, -0.25) is 14.7 Å². The van der Waals surface area contributed by atoms with Crippen molar-refractivity contribution in [1.29, 1.82) is 0 Å². The van der Waals surface area contributed by atoms with E-state index in [0.717, 1.165) is 54.9 Å². The number of hydrogen-bond donors (Lipinski definition) is 0. The van der Waals surface area contributed by atoms with Crippen LogP contribution in [-0.2, 0) is 0 Å². The van der Waals surface area contributed by atoms with Crippen LogP contribution in [0.15, 0.2) is 48.8 Å². The van der Waals surface area contributed by atoms with Crippen LogP contribution < -0.4 is 0 Å². The Bertz CT molecular complexity index is 1000. The number of unbranched alkanes of at least 4 members (excludes halogenated alkanes) is 1. The Kier molecular flexibility index (Phi) is 6.07. The first-order valence-corrected chi connectivity index (χ1v) is 10.6. The quantitative estimate of drug-likeness (QED) is 0.623. The zero-order valence-corrected chi connectivity index (χ0v) is 17.4. The summed E-state index contributed by atoms with van der Waals surface area (Å²) in [6, 6.07) is 11.2. The number of carbonyl (C=O) groups excluding carboxylic acids is 1. The summed E-state index contributed by atoms with van der Waals surface area (Å²) in [5, 5.41) is 1.41. The molecule has 0 spiro atoms. The monoisotopic (exact) mass is 408 g/mol. The molecular weight excluding hydrogens is 384 g/mol. The summed E-state index contributed by atoms with van der Waals surface area (Å²) in [6.07, 6.45) is 5.87. The predicted octanol–water partition coefficient (Wildman–Crippen LogP) is 4.51. The molecule has 0 aliphatic carbocycles. The predicted molar refractivity (Wildman–Crippen MR) is 117 cm³/mol. The number of aromatic nitrogens is 2. The van der Waals surface area contributed by atoms with Gasteiger partial charge in [0.1, 0.15) is 0 Å². The summed E-state index contributed by atoms with van der Waals surface area (Å²) in [5.41, 5.74) is 3.14. The Morgan fingerprint density at radius 1 is 1.07 bits per heavy atom. The van der Waals surface area contributed by atoms with Crippen LogP contribution in [0.1, 0.15) is 30.1 Å². The van der Waals surface area contributed by atoms with E-state index >= 15 is 0 Å². The maximum absolute atomic E-state index is 13.5. The number of benzene rings is 1. The smallest absolute Gasteiger partial charge is 0.254 e. The van der Waals surface area contributed by atoms with Gasteiger partial charge in [0, 0.05) is 54.5 Å². The highest BCUT2D eigenvalue weighted by atomic mass is 35.5. The van der Waals surface area contributed by atoms with Crippen molar-refractivity contribution in [3.05, 3.63) is 59.4 Å². The highest BCUT2D eigenvalue weighted by Crippen LogP contribution is 2.28. The molecule has 2 aromatic heterocycles. The van der Waals surface area contributed by atoms with Crippen LogP contribution in [-0.4, -0.2) is 58.4 Å². The zero-order valence-electron chi connectivity index (χ0n) is 16.6. The van der Waals surface area contributed by atoms with E-state index in [4.69, 9.17) is 16.6 Å². The number of hydrogen-bond acceptors (Lipinski definition) is 4. The van der Waals surface area contributed by atoms with Gasteiger partial charge in [0.25, 0.3) is 5.91 Å². The molecule has 1 fully saturated rings. The first-order chi connectivity index (χ1) is 14.2. The topological polar surface area (TPSA) is 49.3 Å². The van der Waals surface area contributed by atoms with E-state index in [-0.39, 0.29) is 5.91 Å². The second-order valence-electron chi connectivity index (χ2n) is 7.44. The summed E-state index contributed by atoms with van der Waals surface area (Å²) in [6.45, 7) is 6.66. The van der Waals surface area contributed by atoms with E-state index in [9.17, 15) is 4.79 Å². The molecule has 0 saturated carbocycles. The second kappa shape index (κ2) is 8.89. The fraction of sp³-hybridized carbons (Fsp3) is 0.348. The summed E-state index contributed by atoms with van der Waals surface area (Å²) >= 11 is 6.24. The second-order valence-corrected chi connectivity index (χ2v) is 7.88. The van der Waals surface area contributed by atoms with Gasteiger partial charge < -0.3 is 4.90 Å². The Morgan fingerprint density at radius 2 is 1.83 bits per heavy atom. The Labute approximate surface area is 176 Å². The van der Waals surface area contributed by atoms with Crippen molar-refractivity contribution < 1.29 is 4.79 Å².